The molecule has 0 aromatic heterocycles. The lowest BCUT2D eigenvalue weighted by molar-refractivity contribution is -0.144. The molecule has 2 atom stereocenters. The van der Waals surface area contributed by atoms with Crippen LogP contribution in [0.25, 0.3) is 0 Å². The Labute approximate surface area is 149 Å². The standard InChI is InChI=1S/C20H21O4P/c1-12-10-13(2)17(14(3)11-12)18(22)24-19(23)20(25,15(4)21)16-8-6-5-7-9-16/h5-11H,25H2,1-4H3. The van der Waals surface area contributed by atoms with Crippen molar-refractivity contribution in [3.63, 3.8) is 0 Å². The van der Waals surface area contributed by atoms with Gasteiger partial charge in [-0.2, -0.15) is 0 Å². The van der Waals surface area contributed by atoms with Gasteiger partial charge in [0.2, 0.25) is 0 Å². The Morgan fingerprint density at radius 2 is 1.48 bits per heavy atom. The molecule has 2 aromatic carbocycles. The maximum absolute atomic E-state index is 12.7. The molecule has 0 radical (unpaired) electrons. The van der Waals surface area contributed by atoms with Gasteiger partial charge in [0, 0.05) is 0 Å². The van der Waals surface area contributed by atoms with Crippen LogP contribution in [0.3, 0.4) is 0 Å². The predicted octanol–water partition coefficient (Wildman–Crippen LogP) is 3.65. The third-order valence-electron chi connectivity index (χ3n) is 4.17. The van der Waals surface area contributed by atoms with Crippen LogP contribution in [0.2, 0.25) is 0 Å². The topological polar surface area (TPSA) is 60.4 Å². The van der Waals surface area contributed by atoms with Gasteiger partial charge in [0.1, 0.15) is 0 Å². The van der Waals surface area contributed by atoms with E-state index in [1.807, 2.05) is 19.1 Å². The van der Waals surface area contributed by atoms with Crippen LogP contribution < -0.4 is 0 Å². The van der Waals surface area contributed by atoms with E-state index in [0.717, 1.165) is 16.7 Å². The molecule has 0 saturated carbocycles. The van der Waals surface area contributed by atoms with Crippen LogP contribution in [-0.4, -0.2) is 17.7 Å². The first kappa shape index (κ1) is 19.0. The fourth-order valence-corrected chi connectivity index (χ4v) is 3.13. The molecular formula is C20H21O4P. The van der Waals surface area contributed by atoms with Crippen molar-refractivity contribution in [2.24, 2.45) is 0 Å². The van der Waals surface area contributed by atoms with Crippen molar-refractivity contribution >= 4 is 27.0 Å². The fraction of sp³-hybridized carbons (Fsp3) is 0.250. The second-order valence-electron chi connectivity index (χ2n) is 6.18. The van der Waals surface area contributed by atoms with E-state index >= 15 is 0 Å². The van der Waals surface area contributed by atoms with Gasteiger partial charge in [0.15, 0.2) is 10.9 Å². The third kappa shape index (κ3) is 3.69. The van der Waals surface area contributed by atoms with Crippen LogP contribution in [0, 0.1) is 20.8 Å². The molecule has 130 valence electrons. The molecule has 0 heterocycles. The Bertz CT molecular complexity index is 819. The molecule has 0 spiro atoms. The number of carbonyl (C=O) groups excluding carboxylic acids is 3. The number of ketones is 1. The highest BCUT2D eigenvalue weighted by Gasteiger charge is 2.43. The number of aryl methyl sites for hydroxylation is 3. The molecule has 0 aliphatic carbocycles. The van der Waals surface area contributed by atoms with Gasteiger partial charge >= 0.3 is 11.9 Å². The van der Waals surface area contributed by atoms with Crippen molar-refractivity contribution in [2.45, 2.75) is 32.9 Å². The molecule has 2 aromatic rings. The van der Waals surface area contributed by atoms with Crippen molar-refractivity contribution in [1.82, 2.24) is 0 Å². The SMILES string of the molecule is CC(=O)C(P)(C(=O)OC(=O)c1c(C)cc(C)cc1C)c1ccccc1. The normalized spacial score (nSPS) is 13.0. The summed E-state index contributed by atoms with van der Waals surface area (Å²) in [7, 11) is 2.24. The van der Waals surface area contributed by atoms with E-state index in [1.54, 1.807) is 44.2 Å². The molecule has 0 fully saturated rings. The molecule has 2 unspecified atom stereocenters. The van der Waals surface area contributed by atoms with E-state index in [9.17, 15) is 14.4 Å². The summed E-state index contributed by atoms with van der Waals surface area (Å²) in [6.07, 6.45) is 0. The van der Waals surface area contributed by atoms with Gasteiger partial charge in [-0.1, -0.05) is 48.0 Å². The summed E-state index contributed by atoms with van der Waals surface area (Å²) in [5, 5.41) is -1.61. The predicted molar refractivity (Wildman–Crippen MR) is 99.6 cm³/mol. The van der Waals surface area contributed by atoms with E-state index in [-0.39, 0.29) is 0 Å². The highest BCUT2D eigenvalue weighted by Crippen LogP contribution is 2.34. The summed E-state index contributed by atoms with van der Waals surface area (Å²) in [5.41, 5.74) is 3.29. The summed E-state index contributed by atoms with van der Waals surface area (Å²) < 4.78 is 5.10. The van der Waals surface area contributed by atoms with Gasteiger partial charge in [-0.3, -0.25) is 4.79 Å². The Balaban J connectivity index is 2.37. The zero-order valence-electron chi connectivity index (χ0n) is 14.8. The molecule has 0 aliphatic heterocycles. The average Bonchev–Trinajstić information content (AvgIpc) is 2.53. The number of benzene rings is 2. The highest BCUT2D eigenvalue weighted by molar-refractivity contribution is 7.22. The molecule has 25 heavy (non-hydrogen) atoms. The largest absolute Gasteiger partial charge is 0.388 e. The second kappa shape index (κ2) is 7.28. The summed E-state index contributed by atoms with van der Waals surface area (Å²) in [6.45, 7) is 6.81. The van der Waals surface area contributed by atoms with E-state index < -0.39 is 22.9 Å². The van der Waals surface area contributed by atoms with Crippen LogP contribution in [0.15, 0.2) is 42.5 Å². The van der Waals surface area contributed by atoms with Gasteiger partial charge < -0.3 is 4.74 Å². The summed E-state index contributed by atoms with van der Waals surface area (Å²) in [6, 6.07) is 12.2. The number of hydrogen-bond donors (Lipinski definition) is 0. The van der Waals surface area contributed by atoms with Crippen LogP contribution in [0.4, 0.5) is 0 Å². The first-order valence-corrected chi connectivity index (χ1v) is 8.45. The molecule has 5 heteroatoms. The average molecular weight is 356 g/mol. The second-order valence-corrected chi connectivity index (χ2v) is 7.05. The van der Waals surface area contributed by atoms with Gasteiger partial charge in [-0.15, -0.1) is 9.24 Å². The molecule has 4 nitrogen and oxygen atoms in total. The molecular weight excluding hydrogens is 335 g/mol. The van der Waals surface area contributed by atoms with Gasteiger partial charge in [0.05, 0.1) is 5.56 Å². The number of Topliss-reactive ketones (excluding diaryl/α,β-unsaturated/α-hetero) is 1. The summed E-state index contributed by atoms with van der Waals surface area (Å²) in [5.74, 6) is -2.07. The monoisotopic (exact) mass is 356 g/mol. The van der Waals surface area contributed by atoms with Crippen molar-refractivity contribution in [1.29, 1.82) is 0 Å². The number of ether oxygens (including phenoxy) is 1. The minimum Gasteiger partial charge on any atom is -0.388 e. The zero-order chi connectivity index (χ0) is 18.8. The maximum Gasteiger partial charge on any atom is 0.346 e. The van der Waals surface area contributed by atoms with E-state index in [0.29, 0.717) is 11.1 Å². The third-order valence-corrected chi connectivity index (χ3v) is 5.15. The minimum atomic E-state index is -1.61. The van der Waals surface area contributed by atoms with E-state index in [2.05, 4.69) is 9.24 Å². The Morgan fingerprint density at radius 1 is 0.960 bits per heavy atom. The van der Waals surface area contributed by atoms with E-state index in [4.69, 9.17) is 4.74 Å². The van der Waals surface area contributed by atoms with E-state index in [1.165, 1.54) is 6.92 Å². The first-order chi connectivity index (χ1) is 11.7. The van der Waals surface area contributed by atoms with Gasteiger partial charge in [-0.05, 0) is 44.4 Å². The van der Waals surface area contributed by atoms with Gasteiger partial charge in [0.25, 0.3) is 0 Å². The van der Waals surface area contributed by atoms with Gasteiger partial charge in [-0.25, -0.2) is 9.59 Å². The molecule has 2 rings (SSSR count). The van der Waals surface area contributed by atoms with Crippen LogP contribution in [-0.2, 0) is 19.5 Å². The van der Waals surface area contributed by atoms with Crippen LogP contribution >= 0.6 is 9.24 Å². The van der Waals surface area contributed by atoms with Crippen LogP contribution in [0.1, 0.15) is 39.5 Å². The van der Waals surface area contributed by atoms with Crippen molar-refractivity contribution in [3.8, 4) is 0 Å². The molecule has 0 amide bonds. The lowest BCUT2D eigenvalue weighted by Gasteiger charge is -2.24. The molecule has 0 aliphatic rings. The molecule has 0 N–H and O–H groups in total. The summed E-state index contributed by atoms with van der Waals surface area (Å²) >= 11 is 0. The highest BCUT2D eigenvalue weighted by atomic mass is 31.0. The Morgan fingerprint density at radius 3 is 1.96 bits per heavy atom. The summed E-state index contributed by atoms with van der Waals surface area (Å²) in [4.78, 5) is 37.4. The number of esters is 2. The fourth-order valence-electron chi connectivity index (χ4n) is 2.88. The Hall–Kier alpha value is -2.32. The molecule has 0 saturated heterocycles. The number of rotatable bonds is 4. The van der Waals surface area contributed by atoms with Crippen molar-refractivity contribution in [3.05, 3.63) is 70.3 Å². The number of carbonyl (C=O) groups is 3. The minimum absolute atomic E-state index is 0.350. The zero-order valence-corrected chi connectivity index (χ0v) is 15.9. The lowest BCUT2D eigenvalue weighted by Crippen LogP contribution is -2.39. The van der Waals surface area contributed by atoms with Crippen molar-refractivity contribution in [2.75, 3.05) is 0 Å². The smallest absolute Gasteiger partial charge is 0.346 e. The van der Waals surface area contributed by atoms with Crippen molar-refractivity contribution < 1.29 is 19.1 Å². The lowest BCUT2D eigenvalue weighted by atomic mass is 9.94. The first-order valence-electron chi connectivity index (χ1n) is 7.87. The Kier molecular flexibility index (Phi) is 5.54. The maximum atomic E-state index is 12.7. The quantitative estimate of drug-likeness (QED) is 0.477. The van der Waals surface area contributed by atoms with Crippen LogP contribution in [0.5, 0.6) is 0 Å². The molecule has 0 bridgehead atoms. The number of hydrogen-bond acceptors (Lipinski definition) is 4.